The largest absolute Gasteiger partial charge is 0.398 e. The molecule has 3 heteroatoms. The van der Waals surface area contributed by atoms with Gasteiger partial charge in [0.15, 0.2) is 0 Å². The van der Waals surface area contributed by atoms with Gasteiger partial charge in [-0.15, -0.1) is 0 Å². The van der Waals surface area contributed by atoms with Crippen LogP contribution in [0.1, 0.15) is 32.8 Å². The molecule has 0 aromatic heterocycles. The van der Waals surface area contributed by atoms with Gasteiger partial charge in [-0.3, -0.25) is 0 Å². The van der Waals surface area contributed by atoms with Crippen LogP contribution in [0.5, 0.6) is 0 Å². The first-order valence-electron chi connectivity index (χ1n) is 5.51. The Kier molecular flexibility index (Phi) is 4.63. The summed E-state index contributed by atoms with van der Waals surface area (Å²) in [5.74, 6) is 0. The molecule has 0 saturated heterocycles. The van der Waals surface area contributed by atoms with Crippen LogP contribution in [0.15, 0.2) is 18.2 Å². The Hall–Kier alpha value is -0.730. The highest BCUT2D eigenvalue weighted by atomic mass is 35.5. The normalized spacial score (nSPS) is 11.8. The predicted molar refractivity (Wildman–Crippen MR) is 69.6 cm³/mol. The number of anilines is 1. The number of hydrogen-bond donors (Lipinski definition) is 1. The third-order valence-electron chi connectivity index (χ3n) is 2.40. The maximum absolute atomic E-state index is 6.04. The number of rotatable bonds is 4. The van der Waals surface area contributed by atoms with Gasteiger partial charge in [-0.25, -0.2) is 0 Å². The Morgan fingerprint density at radius 2 is 2.00 bits per heavy atom. The molecule has 2 N–H and O–H groups in total. The maximum atomic E-state index is 6.04. The predicted octanol–water partition coefficient (Wildman–Crippen LogP) is 3.88. The summed E-state index contributed by atoms with van der Waals surface area (Å²) >= 11 is 6.04. The highest BCUT2D eigenvalue weighted by Crippen LogP contribution is 2.23. The second kappa shape index (κ2) is 5.55. The minimum absolute atomic E-state index is 0.298. The molecule has 0 radical (unpaired) electrons. The van der Waals surface area contributed by atoms with Crippen molar-refractivity contribution >= 4 is 17.3 Å². The maximum Gasteiger partial charge on any atom is 0.0751 e. The van der Waals surface area contributed by atoms with E-state index in [9.17, 15) is 0 Å². The van der Waals surface area contributed by atoms with E-state index < -0.39 is 0 Å². The molecule has 0 amide bonds. The van der Waals surface area contributed by atoms with Crippen LogP contribution in [-0.2, 0) is 11.3 Å². The lowest BCUT2D eigenvalue weighted by molar-refractivity contribution is 0.0966. The van der Waals surface area contributed by atoms with Crippen LogP contribution in [0, 0.1) is 5.41 Å². The van der Waals surface area contributed by atoms with Crippen molar-refractivity contribution in [1.82, 2.24) is 0 Å². The summed E-state index contributed by atoms with van der Waals surface area (Å²) in [6.45, 7) is 7.80. The molecular formula is C13H20ClNO. The van der Waals surface area contributed by atoms with Crippen molar-refractivity contribution in [2.45, 2.75) is 33.8 Å². The lowest BCUT2D eigenvalue weighted by Crippen LogP contribution is -2.10. The summed E-state index contributed by atoms with van der Waals surface area (Å²) in [6, 6.07) is 5.52. The molecule has 1 rings (SSSR count). The Morgan fingerprint density at radius 1 is 1.31 bits per heavy atom. The van der Waals surface area contributed by atoms with Gasteiger partial charge in [0.2, 0.25) is 0 Å². The molecule has 0 aliphatic rings. The van der Waals surface area contributed by atoms with E-state index in [2.05, 4.69) is 20.8 Å². The third-order valence-corrected chi connectivity index (χ3v) is 2.75. The second-order valence-electron chi connectivity index (χ2n) is 5.17. The molecule has 0 atom stereocenters. The fourth-order valence-electron chi connectivity index (χ4n) is 1.28. The Morgan fingerprint density at radius 3 is 2.56 bits per heavy atom. The quantitative estimate of drug-likeness (QED) is 0.642. The molecule has 0 spiro atoms. The van der Waals surface area contributed by atoms with E-state index in [1.165, 1.54) is 0 Å². The van der Waals surface area contributed by atoms with Crippen LogP contribution in [-0.4, -0.2) is 6.61 Å². The molecule has 0 aliphatic carbocycles. The number of hydrogen-bond acceptors (Lipinski definition) is 2. The fraction of sp³-hybridized carbons (Fsp3) is 0.538. The number of ether oxygens (including phenoxy) is 1. The van der Waals surface area contributed by atoms with Gasteiger partial charge in [-0.2, -0.15) is 0 Å². The Balaban J connectivity index is 2.43. The van der Waals surface area contributed by atoms with Crippen molar-refractivity contribution in [3.63, 3.8) is 0 Å². The van der Waals surface area contributed by atoms with E-state index in [4.69, 9.17) is 22.1 Å². The lowest BCUT2D eigenvalue weighted by Gasteiger charge is -2.18. The molecule has 2 nitrogen and oxygen atoms in total. The summed E-state index contributed by atoms with van der Waals surface area (Å²) in [4.78, 5) is 0. The SMILES string of the molecule is CC(C)(C)CCOCc1c(N)cccc1Cl. The molecule has 16 heavy (non-hydrogen) atoms. The fourth-order valence-corrected chi connectivity index (χ4v) is 1.52. The van der Waals surface area contributed by atoms with Gasteiger partial charge >= 0.3 is 0 Å². The van der Waals surface area contributed by atoms with Crippen LogP contribution in [0.25, 0.3) is 0 Å². The highest BCUT2D eigenvalue weighted by Gasteiger charge is 2.10. The summed E-state index contributed by atoms with van der Waals surface area (Å²) in [6.07, 6.45) is 1.03. The standard InChI is InChI=1S/C13H20ClNO/c1-13(2,3)7-8-16-9-10-11(14)5-4-6-12(10)15/h4-6H,7-9,15H2,1-3H3. The van der Waals surface area contributed by atoms with E-state index in [0.29, 0.717) is 22.7 Å². The molecule has 0 unspecified atom stereocenters. The lowest BCUT2D eigenvalue weighted by atomic mass is 9.93. The minimum Gasteiger partial charge on any atom is -0.398 e. The van der Waals surface area contributed by atoms with Gasteiger partial charge in [-0.1, -0.05) is 38.4 Å². The zero-order valence-electron chi connectivity index (χ0n) is 10.2. The summed E-state index contributed by atoms with van der Waals surface area (Å²) < 4.78 is 5.59. The van der Waals surface area contributed by atoms with Gasteiger partial charge in [0.05, 0.1) is 6.61 Å². The van der Waals surface area contributed by atoms with Crippen molar-refractivity contribution in [2.75, 3.05) is 12.3 Å². The third kappa shape index (κ3) is 4.42. The van der Waals surface area contributed by atoms with Crippen LogP contribution in [0.3, 0.4) is 0 Å². The topological polar surface area (TPSA) is 35.2 Å². The Bertz CT molecular complexity index is 324. The molecule has 1 aromatic rings. The van der Waals surface area contributed by atoms with E-state index >= 15 is 0 Å². The molecule has 1 aromatic carbocycles. The molecule has 0 bridgehead atoms. The van der Waals surface area contributed by atoms with Gasteiger partial charge in [0, 0.05) is 22.9 Å². The second-order valence-corrected chi connectivity index (χ2v) is 5.58. The molecular weight excluding hydrogens is 222 g/mol. The smallest absolute Gasteiger partial charge is 0.0751 e. The van der Waals surface area contributed by atoms with Crippen LogP contribution in [0.4, 0.5) is 5.69 Å². The molecule has 0 aliphatic heterocycles. The minimum atomic E-state index is 0.298. The van der Waals surface area contributed by atoms with Gasteiger partial charge in [0.1, 0.15) is 0 Å². The van der Waals surface area contributed by atoms with Crippen LogP contribution in [0.2, 0.25) is 5.02 Å². The first-order valence-corrected chi connectivity index (χ1v) is 5.88. The van der Waals surface area contributed by atoms with E-state index in [-0.39, 0.29) is 0 Å². The summed E-state index contributed by atoms with van der Waals surface area (Å²) in [5, 5.41) is 0.677. The molecule has 0 fully saturated rings. The average molecular weight is 242 g/mol. The monoisotopic (exact) mass is 241 g/mol. The summed E-state index contributed by atoms with van der Waals surface area (Å²) in [7, 11) is 0. The molecule has 0 saturated carbocycles. The van der Waals surface area contributed by atoms with Gasteiger partial charge < -0.3 is 10.5 Å². The van der Waals surface area contributed by atoms with E-state index in [1.54, 1.807) is 0 Å². The molecule has 0 heterocycles. The van der Waals surface area contributed by atoms with Crippen molar-refractivity contribution in [3.05, 3.63) is 28.8 Å². The Labute approximate surface area is 103 Å². The van der Waals surface area contributed by atoms with E-state index in [0.717, 1.165) is 18.6 Å². The van der Waals surface area contributed by atoms with Crippen LogP contribution < -0.4 is 5.73 Å². The first-order chi connectivity index (χ1) is 7.40. The number of benzene rings is 1. The van der Waals surface area contributed by atoms with Gasteiger partial charge in [-0.05, 0) is 24.0 Å². The van der Waals surface area contributed by atoms with Crippen molar-refractivity contribution in [3.8, 4) is 0 Å². The number of nitrogens with two attached hydrogens (primary N) is 1. The van der Waals surface area contributed by atoms with Crippen molar-refractivity contribution in [1.29, 1.82) is 0 Å². The number of halogens is 1. The van der Waals surface area contributed by atoms with Crippen molar-refractivity contribution < 1.29 is 4.74 Å². The zero-order chi connectivity index (χ0) is 12.2. The molecule has 90 valence electrons. The van der Waals surface area contributed by atoms with Gasteiger partial charge in [0.25, 0.3) is 0 Å². The highest BCUT2D eigenvalue weighted by molar-refractivity contribution is 6.31. The number of nitrogen functional groups attached to an aromatic ring is 1. The van der Waals surface area contributed by atoms with Crippen LogP contribution >= 0.6 is 11.6 Å². The average Bonchev–Trinajstić information content (AvgIpc) is 2.14. The van der Waals surface area contributed by atoms with E-state index in [1.807, 2.05) is 18.2 Å². The zero-order valence-corrected chi connectivity index (χ0v) is 11.0. The first kappa shape index (κ1) is 13.3. The van der Waals surface area contributed by atoms with Crippen molar-refractivity contribution in [2.24, 2.45) is 5.41 Å². The summed E-state index contributed by atoms with van der Waals surface area (Å²) in [5.41, 5.74) is 7.71.